The number of hydrogen-bond acceptors (Lipinski definition) is 4. The summed E-state index contributed by atoms with van der Waals surface area (Å²) in [7, 11) is 2.18. The van der Waals surface area contributed by atoms with Crippen LogP contribution < -0.4 is 0 Å². The lowest BCUT2D eigenvalue weighted by molar-refractivity contribution is 0.295. The highest BCUT2D eigenvalue weighted by atomic mass is 15.1. The Morgan fingerprint density at radius 1 is 1.12 bits per heavy atom. The van der Waals surface area contributed by atoms with Crippen molar-refractivity contribution in [2.24, 2.45) is 0 Å². The smallest absolute Gasteiger partial charge is 0.0929 e. The van der Waals surface area contributed by atoms with Gasteiger partial charge in [-0.2, -0.15) is 15.3 Å². The number of fused-ring (bicyclic) bond motifs is 2. The van der Waals surface area contributed by atoms with Crippen LogP contribution in [0.5, 0.6) is 0 Å². The Hall–Kier alpha value is -3.05. The van der Waals surface area contributed by atoms with Crippen molar-refractivity contribution < 1.29 is 0 Å². The number of hydrogen-bond donors (Lipinski definition) is 1. The van der Waals surface area contributed by atoms with Crippen LogP contribution in [0.3, 0.4) is 0 Å². The van der Waals surface area contributed by atoms with Crippen LogP contribution >= 0.6 is 0 Å². The summed E-state index contributed by atoms with van der Waals surface area (Å²) in [5.41, 5.74) is 7.21. The van der Waals surface area contributed by atoms with Gasteiger partial charge in [-0.3, -0.25) is 5.10 Å². The zero-order valence-corrected chi connectivity index (χ0v) is 14.6. The third-order valence-electron chi connectivity index (χ3n) is 5.19. The highest BCUT2D eigenvalue weighted by Gasteiger charge is 2.25. The van der Waals surface area contributed by atoms with E-state index in [2.05, 4.69) is 68.7 Å². The summed E-state index contributed by atoms with van der Waals surface area (Å²) < 4.78 is 0. The number of H-pyrrole nitrogens is 1. The maximum atomic E-state index is 4.25. The molecule has 26 heavy (non-hydrogen) atoms. The lowest BCUT2D eigenvalue weighted by Crippen LogP contribution is -2.31. The van der Waals surface area contributed by atoms with Gasteiger partial charge in [-0.25, -0.2) is 0 Å². The topological polar surface area (TPSA) is 57.7 Å². The van der Waals surface area contributed by atoms with Crippen LogP contribution in [0.4, 0.5) is 0 Å². The summed E-state index contributed by atoms with van der Waals surface area (Å²) in [6.07, 6.45) is 3.60. The van der Waals surface area contributed by atoms with Crippen molar-refractivity contribution in [3.8, 4) is 11.3 Å². The summed E-state index contributed by atoms with van der Waals surface area (Å²) in [5, 5.41) is 16.6. The summed E-state index contributed by atoms with van der Waals surface area (Å²) in [4.78, 5) is 2.38. The van der Waals surface area contributed by atoms with Gasteiger partial charge in [0, 0.05) is 36.2 Å². The molecule has 0 spiro atoms. The average Bonchev–Trinajstić information content (AvgIpc) is 3.15. The predicted molar refractivity (Wildman–Crippen MR) is 102 cm³/mol. The molecule has 128 valence electrons. The summed E-state index contributed by atoms with van der Waals surface area (Å²) in [6.45, 7) is 1.97. The molecule has 5 rings (SSSR count). The second kappa shape index (κ2) is 6.04. The fourth-order valence-corrected chi connectivity index (χ4v) is 3.93. The summed E-state index contributed by atoms with van der Waals surface area (Å²) in [6, 6.07) is 17.2. The van der Waals surface area contributed by atoms with Crippen LogP contribution in [-0.2, 0) is 6.54 Å². The van der Waals surface area contributed by atoms with Gasteiger partial charge < -0.3 is 4.90 Å². The number of aromatic amines is 1. The molecule has 0 fully saturated rings. The molecular weight excluding hydrogens is 322 g/mol. The van der Waals surface area contributed by atoms with Gasteiger partial charge in [0.25, 0.3) is 0 Å². The molecule has 2 aromatic carbocycles. The van der Waals surface area contributed by atoms with Crippen molar-refractivity contribution in [3.63, 3.8) is 0 Å². The second-order valence-corrected chi connectivity index (χ2v) is 6.99. The number of nitrogens with zero attached hydrogens (tertiary/aromatic N) is 4. The van der Waals surface area contributed by atoms with Crippen LogP contribution in [0, 0.1) is 0 Å². The second-order valence-electron chi connectivity index (χ2n) is 6.99. The Bertz CT molecular complexity index is 1070. The maximum absolute atomic E-state index is 4.25. The Labute approximate surface area is 151 Å². The third-order valence-corrected chi connectivity index (χ3v) is 5.19. The molecule has 5 heteroatoms. The van der Waals surface area contributed by atoms with Crippen molar-refractivity contribution >= 4 is 10.9 Å². The molecule has 1 unspecified atom stereocenters. The minimum atomic E-state index is 0.360. The van der Waals surface area contributed by atoms with Gasteiger partial charge in [0.1, 0.15) is 0 Å². The molecule has 0 amide bonds. The Morgan fingerprint density at radius 2 is 2.08 bits per heavy atom. The first-order valence-corrected chi connectivity index (χ1v) is 8.80. The summed E-state index contributed by atoms with van der Waals surface area (Å²) >= 11 is 0. The molecule has 3 heterocycles. The van der Waals surface area contributed by atoms with E-state index in [1.54, 1.807) is 6.20 Å². The molecule has 4 aromatic rings. The number of nitrogens with one attached hydrogen (secondary N) is 1. The van der Waals surface area contributed by atoms with Gasteiger partial charge in [-0.15, -0.1) is 0 Å². The molecule has 1 aliphatic rings. The van der Waals surface area contributed by atoms with E-state index in [-0.39, 0.29) is 0 Å². The molecule has 1 N–H and O–H groups in total. The molecule has 0 saturated carbocycles. The van der Waals surface area contributed by atoms with Gasteiger partial charge in [0.15, 0.2) is 0 Å². The van der Waals surface area contributed by atoms with Crippen LogP contribution in [0.15, 0.2) is 60.9 Å². The zero-order valence-electron chi connectivity index (χ0n) is 14.6. The van der Waals surface area contributed by atoms with E-state index < -0.39 is 0 Å². The Kier molecular flexibility index (Phi) is 3.53. The molecule has 5 nitrogen and oxygen atoms in total. The largest absolute Gasteiger partial charge is 0.301 e. The quantitative estimate of drug-likeness (QED) is 0.605. The highest BCUT2D eigenvalue weighted by Crippen LogP contribution is 2.35. The first-order valence-electron chi connectivity index (χ1n) is 8.80. The van der Waals surface area contributed by atoms with Crippen LogP contribution in [-0.4, -0.2) is 38.9 Å². The number of aromatic nitrogens is 4. The Morgan fingerprint density at radius 3 is 2.96 bits per heavy atom. The number of benzene rings is 2. The molecule has 0 bridgehead atoms. The molecule has 1 aliphatic heterocycles. The lowest BCUT2D eigenvalue weighted by Gasteiger charge is -2.33. The van der Waals surface area contributed by atoms with E-state index in [0.29, 0.717) is 5.92 Å². The molecule has 0 aliphatic carbocycles. The molecule has 2 aromatic heterocycles. The lowest BCUT2D eigenvalue weighted by atomic mass is 9.83. The van der Waals surface area contributed by atoms with Gasteiger partial charge in [-0.05, 0) is 54.1 Å². The van der Waals surface area contributed by atoms with Crippen LogP contribution in [0.2, 0.25) is 0 Å². The van der Waals surface area contributed by atoms with Gasteiger partial charge in [-0.1, -0.05) is 18.2 Å². The van der Waals surface area contributed by atoms with Gasteiger partial charge >= 0.3 is 0 Å². The third kappa shape index (κ3) is 2.57. The first-order chi connectivity index (χ1) is 12.8. The number of likely N-dealkylation sites (N-methyl/N-ethyl adjacent to an activating group) is 1. The van der Waals surface area contributed by atoms with Crippen molar-refractivity contribution in [3.05, 3.63) is 77.6 Å². The van der Waals surface area contributed by atoms with E-state index in [1.165, 1.54) is 16.7 Å². The molecular formula is C21H19N5. The van der Waals surface area contributed by atoms with Crippen molar-refractivity contribution in [2.75, 3.05) is 13.6 Å². The van der Waals surface area contributed by atoms with Crippen LogP contribution in [0.25, 0.3) is 22.2 Å². The first kappa shape index (κ1) is 15.2. The molecule has 0 radical (unpaired) electrons. The maximum Gasteiger partial charge on any atom is 0.0929 e. The average molecular weight is 341 g/mol. The normalized spacial score (nSPS) is 17.3. The van der Waals surface area contributed by atoms with Gasteiger partial charge in [0.05, 0.1) is 17.4 Å². The fourth-order valence-electron chi connectivity index (χ4n) is 3.93. The zero-order chi connectivity index (χ0) is 17.5. The van der Waals surface area contributed by atoms with Crippen molar-refractivity contribution in [2.45, 2.75) is 12.5 Å². The minimum Gasteiger partial charge on any atom is -0.301 e. The predicted octanol–water partition coefficient (Wildman–Crippen LogP) is 3.60. The van der Waals surface area contributed by atoms with E-state index in [4.69, 9.17) is 0 Å². The van der Waals surface area contributed by atoms with Crippen molar-refractivity contribution in [1.29, 1.82) is 0 Å². The SMILES string of the molecule is CN1Cc2cc(-c3cccnn3)ccc2C(c2ccc3[nH]ncc3c2)C1. The highest BCUT2D eigenvalue weighted by molar-refractivity contribution is 5.79. The van der Waals surface area contributed by atoms with E-state index in [0.717, 1.165) is 35.2 Å². The van der Waals surface area contributed by atoms with E-state index in [1.807, 2.05) is 18.3 Å². The molecule has 0 saturated heterocycles. The van der Waals surface area contributed by atoms with E-state index in [9.17, 15) is 0 Å². The minimum absolute atomic E-state index is 0.360. The van der Waals surface area contributed by atoms with Crippen LogP contribution in [0.1, 0.15) is 22.6 Å². The van der Waals surface area contributed by atoms with Crippen molar-refractivity contribution in [1.82, 2.24) is 25.3 Å². The van der Waals surface area contributed by atoms with E-state index >= 15 is 0 Å². The Balaban J connectivity index is 1.59. The van der Waals surface area contributed by atoms with Gasteiger partial charge in [0.2, 0.25) is 0 Å². The monoisotopic (exact) mass is 341 g/mol. The fraction of sp³-hybridized carbons (Fsp3) is 0.190. The molecule has 1 atom stereocenters. The number of rotatable bonds is 2. The summed E-state index contributed by atoms with van der Waals surface area (Å²) in [5.74, 6) is 0.360. The standard InChI is InChI=1S/C21H19N5/c1-26-12-17-10-15(20-3-2-8-22-24-20)4-6-18(17)19(13-26)14-5-7-21-16(9-14)11-23-25-21/h2-11,19H,12-13H2,1H3,(H,23,25).